The number of hydrogen-bond donors (Lipinski definition) is 0. The Morgan fingerprint density at radius 2 is 1.80 bits per heavy atom. The van der Waals surface area contributed by atoms with Crippen LogP contribution in [0, 0.1) is 11.3 Å². The summed E-state index contributed by atoms with van der Waals surface area (Å²) in [7, 11) is -1.50. The van der Waals surface area contributed by atoms with Gasteiger partial charge in [0.25, 0.3) is 0 Å². The first-order chi connectivity index (χ1) is 9.10. The van der Waals surface area contributed by atoms with E-state index in [9.17, 15) is 0 Å². The van der Waals surface area contributed by atoms with Crippen molar-refractivity contribution in [3.63, 3.8) is 0 Å². The minimum atomic E-state index is -1.50. The summed E-state index contributed by atoms with van der Waals surface area (Å²) in [4.78, 5) is 0. The number of hydrogen-bond acceptors (Lipinski definition) is 3. The molecular weight excluding hydrogens is 268 g/mol. The molecule has 2 aliphatic rings. The quantitative estimate of drug-likeness (QED) is 0.708. The summed E-state index contributed by atoms with van der Waals surface area (Å²) in [6.45, 7) is 14.9. The summed E-state index contributed by atoms with van der Waals surface area (Å²) in [5.41, 5.74) is 0.282. The van der Waals surface area contributed by atoms with E-state index in [1.165, 1.54) is 5.76 Å². The molecule has 2 rings (SSSR count). The molecule has 0 aromatic rings. The molecule has 0 amide bonds. The van der Waals surface area contributed by atoms with Crippen molar-refractivity contribution in [2.75, 3.05) is 13.2 Å². The summed E-state index contributed by atoms with van der Waals surface area (Å²) in [6, 6.07) is 0. The van der Waals surface area contributed by atoms with Gasteiger partial charge in [-0.2, -0.15) is 0 Å². The van der Waals surface area contributed by atoms with Gasteiger partial charge in [0, 0.05) is 12.8 Å². The van der Waals surface area contributed by atoms with Crippen molar-refractivity contribution in [3.8, 4) is 0 Å². The Morgan fingerprint density at radius 3 is 2.35 bits per heavy atom. The second kappa shape index (κ2) is 5.47. The second-order valence-electron chi connectivity index (χ2n) is 7.99. The molecule has 3 nitrogen and oxygen atoms in total. The van der Waals surface area contributed by atoms with Gasteiger partial charge in [-0.1, -0.05) is 13.8 Å². The third-order valence-electron chi connectivity index (χ3n) is 4.27. The average molecular weight is 298 g/mol. The first-order valence-corrected chi connectivity index (χ1v) is 11.2. The molecule has 0 aromatic heterocycles. The van der Waals surface area contributed by atoms with E-state index in [0.29, 0.717) is 5.92 Å². The molecule has 0 saturated carbocycles. The molecule has 0 radical (unpaired) electrons. The lowest BCUT2D eigenvalue weighted by molar-refractivity contribution is -0.149. The standard InChI is InChI=1S/C16H30O3Si/c1-15(2)12-14(19-20(4,5)6)11-13(15)7-8-16(3)17-9-10-18-16/h11,13H,7-10,12H2,1-6H3/t13-/m1/s1. The fraction of sp³-hybridized carbons (Fsp3) is 0.875. The molecule has 0 unspecified atom stereocenters. The lowest BCUT2D eigenvalue weighted by Gasteiger charge is -2.30. The third-order valence-corrected chi connectivity index (χ3v) is 5.14. The van der Waals surface area contributed by atoms with Crippen LogP contribution in [0.3, 0.4) is 0 Å². The van der Waals surface area contributed by atoms with Crippen LogP contribution in [-0.4, -0.2) is 27.3 Å². The maximum absolute atomic E-state index is 6.20. The zero-order valence-electron chi connectivity index (χ0n) is 13.9. The Kier molecular flexibility index (Phi) is 4.39. The molecule has 0 N–H and O–H groups in total. The molecule has 0 spiro atoms. The van der Waals surface area contributed by atoms with E-state index in [0.717, 1.165) is 32.5 Å². The fourth-order valence-corrected chi connectivity index (χ4v) is 4.07. The maximum atomic E-state index is 6.20. The van der Waals surface area contributed by atoms with Crippen LogP contribution in [0.25, 0.3) is 0 Å². The molecule has 4 heteroatoms. The van der Waals surface area contributed by atoms with E-state index in [-0.39, 0.29) is 11.2 Å². The molecule has 20 heavy (non-hydrogen) atoms. The van der Waals surface area contributed by atoms with Crippen molar-refractivity contribution in [2.24, 2.45) is 11.3 Å². The highest BCUT2D eigenvalue weighted by Gasteiger charge is 2.39. The Labute approximate surface area is 124 Å². The Balaban J connectivity index is 1.95. The van der Waals surface area contributed by atoms with Gasteiger partial charge in [0.05, 0.1) is 19.0 Å². The monoisotopic (exact) mass is 298 g/mol. The van der Waals surface area contributed by atoms with Gasteiger partial charge in [-0.15, -0.1) is 0 Å². The second-order valence-corrected chi connectivity index (χ2v) is 12.4. The lowest BCUT2D eigenvalue weighted by Crippen LogP contribution is -2.28. The summed E-state index contributed by atoms with van der Waals surface area (Å²) in [5, 5.41) is 0. The predicted molar refractivity (Wildman–Crippen MR) is 83.9 cm³/mol. The maximum Gasteiger partial charge on any atom is 0.241 e. The lowest BCUT2D eigenvalue weighted by atomic mass is 9.78. The van der Waals surface area contributed by atoms with E-state index >= 15 is 0 Å². The highest BCUT2D eigenvalue weighted by molar-refractivity contribution is 6.70. The van der Waals surface area contributed by atoms with Crippen molar-refractivity contribution >= 4 is 8.32 Å². The van der Waals surface area contributed by atoms with Gasteiger partial charge in [-0.3, -0.25) is 0 Å². The average Bonchev–Trinajstić information content (AvgIpc) is 2.78. The van der Waals surface area contributed by atoms with Gasteiger partial charge in [-0.25, -0.2) is 0 Å². The number of ether oxygens (including phenoxy) is 2. The first-order valence-electron chi connectivity index (χ1n) is 7.77. The minimum Gasteiger partial charge on any atom is -0.548 e. The van der Waals surface area contributed by atoms with Crippen LogP contribution in [0.2, 0.25) is 19.6 Å². The zero-order chi connectivity index (χ0) is 15.0. The fourth-order valence-electron chi connectivity index (χ4n) is 3.15. The van der Waals surface area contributed by atoms with E-state index in [1.807, 2.05) is 0 Å². The molecule has 1 heterocycles. The summed E-state index contributed by atoms with van der Waals surface area (Å²) < 4.78 is 17.6. The topological polar surface area (TPSA) is 27.7 Å². The molecule has 1 atom stereocenters. The van der Waals surface area contributed by atoms with E-state index in [4.69, 9.17) is 13.9 Å². The SMILES string of the molecule is CC1(CC[C@@H]2C=C(O[Si](C)(C)C)CC2(C)C)OCCO1. The van der Waals surface area contributed by atoms with E-state index in [2.05, 4.69) is 46.5 Å². The van der Waals surface area contributed by atoms with Crippen LogP contribution in [0.4, 0.5) is 0 Å². The van der Waals surface area contributed by atoms with Crippen molar-refractivity contribution in [1.82, 2.24) is 0 Å². The molecule has 1 fully saturated rings. The zero-order valence-corrected chi connectivity index (χ0v) is 14.9. The molecule has 1 saturated heterocycles. The van der Waals surface area contributed by atoms with Crippen molar-refractivity contribution < 1.29 is 13.9 Å². The van der Waals surface area contributed by atoms with Gasteiger partial charge in [0.1, 0.15) is 0 Å². The molecule has 1 aliphatic heterocycles. The third kappa shape index (κ3) is 4.09. The smallest absolute Gasteiger partial charge is 0.241 e. The minimum absolute atomic E-state index is 0.282. The molecular formula is C16H30O3Si. The Morgan fingerprint density at radius 1 is 1.20 bits per heavy atom. The number of rotatable bonds is 5. The van der Waals surface area contributed by atoms with Gasteiger partial charge in [-0.05, 0) is 50.4 Å². The molecule has 0 aromatic carbocycles. The van der Waals surface area contributed by atoms with Crippen LogP contribution < -0.4 is 0 Å². The largest absolute Gasteiger partial charge is 0.548 e. The summed E-state index contributed by atoms with van der Waals surface area (Å²) in [5.74, 6) is 1.39. The highest BCUT2D eigenvalue weighted by Crippen LogP contribution is 2.46. The predicted octanol–water partition coefficient (Wildman–Crippen LogP) is 4.31. The van der Waals surface area contributed by atoms with E-state index < -0.39 is 8.32 Å². The van der Waals surface area contributed by atoms with Gasteiger partial charge in [0.2, 0.25) is 8.32 Å². The van der Waals surface area contributed by atoms with Gasteiger partial charge >= 0.3 is 0 Å². The molecule has 116 valence electrons. The summed E-state index contributed by atoms with van der Waals surface area (Å²) in [6.07, 6.45) is 5.47. The Bertz CT molecular complexity index is 376. The van der Waals surface area contributed by atoms with Crippen LogP contribution in [0.5, 0.6) is 0 Å². The van der Waals surface area contributed by atoms with Gasteiger partial charge in [0.15, 0.2) is 5.79 Å². The van der Waals surface area contributed by atoms with Crippen LogP contribution >= 0.6 is 0 Å². The van der Waals surface area contributed by atoms with Crippen LogP contribution in [0.15, 0.2) is 11.8 Å². The van der Waals surface area contributed by atoms with Crippen molar-refractivity contribution in [1.29, 1.82) is 0 Å². The first kappa shape index (κ1) is 16.1. The van der Waals surface area contributed by atoms with Crippen molar-refractivity contribution in [2.45, 2.75) is 65.5 Å². The van der Waals surface area contributed by atoms with E-state index in [1.54, 1.807) is 0 Å². The number of allylic oxidation sites excluding steroid dienone is 2. The Hall–Kier alpha value is -0.323. The van der Waals surface area contributed by atoms with Crippen LogP contribution in [0.1, 0.15) is 40.0 Å². The molecule has 0 bridgehead atoms. The highest BCUT2D eigenvalue weighted by atomic mass is 28.4. The van der Waals surface area contributed by atoms with Crippen LogP contribution in [-0.2, 0) is 13.9 Å². The normalized spacial score (nSPS) is 28.5. The molecule has 1 aliphatic carbocycles. The summed E-state index contributed by atoms with van der Waals surface area (Å²) >= 11 is 0. The van der Waals surface area contributed by atoms with Crippen molar-refractivity contribution in [3.05, 3.63) is 11.8 Å². The van der Waals surface area contributed by atoms with Gasteiger partial charge < -0.3 is 13.9 Å².